The first-order valence-electron chi connectivity index (χ1n) is 11.8. The normalized spacial score (nSPS) is 20.8. The summed E-state index contributed by atoms with van der Waals surface area (Å²) in [6.07, 6.45) is 4.48. The maximum atomic E-state index is 3.70. The minimum Gasteiger partial charge on any atom is -0.104 e. The van der Waals surface area contributed by atoms with E-state index in [-0.39, 0.29) is 16.6 Å². The van der Waals surface area contributed by atoms with Crippen molar-refractivity contribution >= 4 is 17.3 Å². The average molecular weight is 447 g/mol. The fourth-order valence-corrected chi connectivity index (χ4v) is 6.61. The highest BCUT2D eigenvalue weighted by Crippen LogP contribution is 2.52. The van der Waals surface area contributed by atoms with E-state index in [1.54, 1.807) is 0 Å². The summed E-state index contributed by atoms with van der Waals surface area (Å²) >= 11 is 1.93. The van der Waals surface area contributed by atoms with Crippen LogP contribution in [0.2, 0.25) is 0 Å². The molecule has 0 fully saturated rings. The summed E-state index contributed by atoms with van der Waals surface area (Å²) in [6.45, 7) is 11.2. The molecular weight excluding hydrogens is 416 g/mol. The van der Waals surface area contributed by atoms with Gasteiger partial charge in [0.05, 0.1) is 5.25 Å². The highest BCUT2D eigenvalue weighted by Gasteiger charge is 2.39. The highest BCUT2D eigenvalue weighted by molar-refractivity contribution is 8.00. The number of allylic oxidation sites excluding steroid dienone is 3. The van der Waals surface area contributed by atoms with Crippen molar-refractivity contribution in [2.75, 3.05) is 0 Å². The van der Waals surface area contributed by atoms with E-state index >= 15 is 0 Å². The molecule has 0 aromatic heterocycles. The second-order valence-corrected chi connectivity index (χ2v) is 10.7. The van der Waals surface area contributed by atoms with E-state index in [0.717, 1.165) is 0 Å². The molecule has 2 atom stereocenters. The fourth-order valence-electron chi connectivity index (χ4n) is 5.18. The van der Waals surface area contributed by atoms with Crippen LogP contribution < -0.4 is 0 Å². The zero-order chi connectivity index (χ0) is 23.2. The van der Waals surface area contributed by atoms with E-state index in [1.165, 1.54) is 49.4 Å². The van der Waals surface area contributed by atoms with E-state index in [9.17, 15) is 0 Å². The van der Waals surface area contributed by atoms with Crippen LogP contribution >= 0.6 is 11.8 Å². The van der Waals surface area contributed by atoms with Gasteiger partial charge in [-0.05, 0) is 59.7 Å². The molecule has 1 heteroatoms. The molecule has 0 radical (unpaired) electrons. The van der Waals surface area contributed by atoms with E-state index < -0.39 is 0 Å². The molecule has 0 nitrogen and oxygen atoms in total. The molecular formula is C32H30S. The zero-order valence-corrected chi connectivity index (χ0v) is 20.9. The van der Waals surface area contributed by atoms with Crippen molar-refractivity contribution in [3.05, 3.63) is 107 Å². The summed E-state index contributed by atoms with van der Waals surface area (Å²) < 4.78 is 0. The molecule has 1 aliphatic heterocycles. The summed E-state index contributed by atoms with van der Waals surface area (Å²) in [5.41, 5.74) is 10.7. The number of aryl methyl sites for hydroxylation is 1. The summed E-state index contributed by atoms with van der Waals surface area (Å²) in [5, 5.41) is 0.0921. The Hall–Kier alpha value is -2.95. The smallest absolute Gasteiger partial charge is 0.0962 e. The van der Waals surface area contributed by atoms with Crippen molar-refractivity contribution in [1.29, 1.82) is 0 Å². The Morgan fingerprint density at radius 1 is 0.879 bits per heavy atom. The predicted molar refractivity (Wildman–Crippen MR) is 144 cm³/mol. The molecule has 2 aliphatic rings. The third-order valence-electron chi connectivity index (χ3n) is 6.99. The third kappa shape index (κ3) is 3.68. The SMILES string of the molecule is C/C=C\C1=C(C2C#CC(C)c3cccc(-c4ccc(C)cc4)c3S2)c2ccccc2C1(C)C. The molecule has 2 unspecified atom stereocenters. The molecule has 0 bridgehead atoms. The Labute approximate surface area is 202 Å². The van der Waals surface area contributed by atoms with Gasteiger partial charge in [-0.2, -0.15) is 0 Å². The summed E-state index contributed by atoms with van der Waals surface area (Å²) in [6, 6.07) is 24.5. The molecule has 0 saturated carbocycles. The van der Waals surface area contributed by atoms with Gasteiger partial charge >= 0.3 is 0 Å². The van der Waals surface area contributed by atoms with Gasteiger partial charge in [0.25, 0.3) is 0 Å². The Morgan fingerprint density at radius 2 is 1.61 bits per heavy atom. The number of rotatable bonds is 3. The average Bonchev–Trinajstić information content (AvgIpc) is 2.92. The van der Waals surface area contributed by atoms with Crippen molar-refractivity contribution in [1.82, 2.24) is 0 Å². The van der Waals surface area contributed by atoms with Crippen LogP contribution in [0.1, 0.15) is 55.9 Å². The molecule has 0 saturated heterocycles. The van der Waals surface area contributed by atoms with Crippen LogP contribution in [-0.4, -0.2) is 5.25 Å². The molecule has 0 N–H and O–H groups in total. The fraction of sp³-hybridized carbons (Fsp3) is 0.250. The lowest BCUT2D eigenvalue weighted by atomic mass is 9.81. The number of thioether (sulfide) groups is 1. The van der Waals surface area contributed by atoms with Crippen LogP contribution in [0.25, 0.3) is 16.7 Å². The van der Waals surface area contributed by atoms with Crippen molar-refractivity contribution < 1.29 is 0 Å². The minimum atomic E-state index is -0.0299. The lowest BCUT2D eigenvalue weighted by molar-refractivity contribution is 0.653. The molecule has 5 rings (SSSR count). The van der Waals surface area contributed by atoms with Gasteiger partial charge in [-0.15, -0.1) is 11.8 Å². The van der Waals surface area contributed by atoms with Gasteiger partial charge in [0.1, 0.15) is 0 Å². The summed E-state index contributed by atoms with van der Waals surface area (Å²) in [5.74, 6) is 7.51. The standard InChI is InChI=1S/C32H30S/c1-6-10-28-30(26-11-7-8-14-27(26)32(28,4)5)29-20-17-22(3)24-12-9-13-25(31(24)33-29)23-18-15-21(2)16-19-23/h6-16,18-19,22,29H,1-5H3/b10-6-. The highest BCUT2D eigenvalue weighted by atomic mass is 32.2. The largest absolute Gasteiger partial charge is 0.104 e. The molecule has 164 valence electrons. The Bertz CT molecular complexity index is 1340. The predicted octanol–water partition coefficient (Wildman–Crippen LogP) is 8.56. The number of hydrogen-bond donors (Lipinski definition) is 0. The first kappa shape index (κ1) is 21.9. The quantitative estimate of drug-likeness (QED) is 0.363. The van der Waals surface area contributed by atoms with Gasteiger partial charge in [0.15, 0.2) is 0 Å². The van der Waals surface area contributed by atoms with E-state index in [0.29, 0.717) is 0 Å². The van der Waals surface area contributed by atoms with Crippen molar-refractivity contribution in [3.63, 3.8) is 0 Å². The van der Waals surface area contributed by atoms with E-state index in [1.807, 2.05) is 11.8 Å². The second-order valence-electron chi connectivity index (χ2n) is 9.60. The van der Waals surface area contributed by atoms with Gasteiger partial charge < -0.3 is 0 Å². The molecule has 1 heterocycles. The van der Waals surface area contributed by atoms with Crippen molar-refractivity contribution in [2.24, 2.45) is 0 Å². The zero-order valence-electron chi connectivity index (χ0n) is 20.1. The lowest BCUT2D eigenvalue weighted by Crippen LogP contribution is -2.16. The van der Waals surface area contributed by atoms with Crippen LogP contribution in [0.5, 0.6) is 0 Å². The Kier molecular flexibility index (Phi) is 5.59. The first-order valence-corrected chi connectivity index (χ1v) is 12.6. The number of hydrogen-bond acceptors (Lipinski definition) is 1. The maximum absolute atomic E-state index is 3.70. The van der Waals surface area contributed by atoms with Crippen LogP contribution in [0.4, 0.5) is 0 Å². The first-order chi connectivity index (χ1) is 15.9. The Morgan fingerprint density at radius 3 is 2.36 bits per heavy atom. The molecule has 3 aromatic rings. The van der Waals surface area contributed by atoms with Crippen LogP contribution in [0, 0.1) is 18.8 Å². The van der Waals surface area contributed by atoms with Crippen LogP contribution in [0.3, 0.4) is 0 Å². The monoisotopic (exact) mass is 446 g/mol. The molecule has 33 heavy (non-hydrogen) atoms. The van der Waals surface area contributed by atoms with Crippen molar-refractivity contribution in [2.45, 2.75) is 56.1 Å². The molecule has 1 aliphatic carbocycles. The van der Waals surface area contributed by atoms with Gasteiger partial charge in [-0.3, -0.25) is 0 Å². The summed E-state index contributed by atoms with van der Waals surface area (Å²) in [7, 11) is 0. The van der Waals surface area contributed by atoms with E-state index in [2.05, 4.69) is 125 Å². The molecule has 3 aromatic carbocycles. The van der Waals surface area contributed by atoms with E-state index in [4.69, 9.17) is 0 Å². The minimum absolute atomic E-state index is 0.0299. The van der Waals surface area contributed by atoms with Crippen LogP contribution in [0.15, 0.2) is 89.4 Å². The van der Waals surface area contributed by atoms with Gasteiger partial charge in [0.2, 0.25) is 0 Å². The maximum Gasteiger partial charge on any atom is 0.0962 e. The third-order valence-corrected chi connectivity index (χ3v) is 8.27. The topological polar surface area (TPSA) is 0 Å². The second kappa shape index (κ2) is 8.44. The van der Waals surface area contributed by atoms with Crippen LogP contribution in [-0.2, 0) is 5.41 Å². The van der Waals surface area contributed by atoms with Gasteiger partial charge in [-0.25, -0.2) is 0 Å². The number of benzene rings is 3. The molecule has 0 amide bonds. The summed E-state index contributed by atoms with van der Waals surface area (Å²) in [4.78, 5) is 1.35. The Balaban J connectivity index is 1.70. The molecule has 0 spiro atoms. The van der Waals surface area contributed by atoms with Gasteiger partial charge in [-0.1, -0.05) is 110 Å². The number of fused-ring (bicyclic) bond motifs is 2. The van der Waals surface area contributed by atoms with Crippen molar-refractivity contribution in [3.8, 4) is 23.0 Å². The lowest BCUT2D eigenvalue weighted by Gasteiger charge is -2.23. The van der Waals surface area contributed by atoms with Gasteiger partial charge in [0, 0.05) is 16.2 Å².